The minimum absolute atomic E-state index is 0. The topological polar surface area (TPSA) is 63.2 Å². The third-order valence-electron chi connectivity index (χ3n) is 4.05. The standard InChI is InChI=1S/C18H23N3O2S.2ClH/c1-3-23-15-8-6-13(7-9-15)18-20-12(2)16(24-18)17(22)21-14-5-4-10-19-11-14;;/h6-9,14,19H,3-5,10-11H2,1-2H3,(H,21,22);2*1H/t14-;;/m0../s1. The first-order valence-electron chi connectivity index (χ1n) is 8.39. The Bertz CT molecular complexity index is 701. The van der Waals surface area contributed by atoms with Crippen molar-refractivity contribution < 1.29 is 9.53 Å². The molecule has 26 heavy (non-hydrogen) atoms. The Balaban J connectivity index is 0.00000169. The Morgan fingerprint density at radius 3 is 2.69 bits per heavy atom. The van der Waals surface area contributed by atoms with Crippen molar-refractivity contribution in [3.8, 4) is 16.3 Å². The number of thiazole rings is 1. The Labute approximate surface area is 170 Å². The highest BCUT2D eigenvalue weighted by Gasteiger charge is 2.20. The molecule has 0 saturated carbocycles. The summed E-state index contributed by atoms with van der Waals surface area (Å²) in [5.41, 5.74) is 1.79. The second kappa shape index (κ2) is 10.7. The van der Waals surface area contributed by atoms with Crippen molar-refractivity contribution in [2.24, 2.45) is 0 Å². The second-order valence-electron chi connectivity index (χ2n) is 5.91. The molecule has 1 amide bonds. The number of hydrogen-bond acceptors (Lipinski definition) is 5. The van der Waals surface area contributed by atoms with E-state index < -0.39 is 0 Å². The molecule has 0 unspecified atom stereocenters. The summed E-state index contributed by atoms with van der Waals surface area (Å²) in [6, 6.07) is 8.04. The lowest BCUT2D eigenvalue weighted by molar-refractivity contribution is 0.0934. The summed E-state index contributed by atoms with van der Waals surface area (Å²) < 4.78 is 5.46. The van der Waals surface area contributed by atoms with E-state index in [1.807, 2.05) is 38.1 Å². The summed E-state index contributed by atoms with van der Waals surface area (Å²) in [6.07, 6.45) is 2.13. The highest BCUT2D eigenvalue weighted by molar-refractivity contribution is 7.17. The number of ether oxygens (including phenoxy) is 1. The molecule has 2 N–H and O–H groups in total. The molecule has 1 aromatic heterocycles. The largest absolute Gasteiger partial charge is 0.494 e. The highest BCUT2D eigenvalue weighted by Crippen LogP contribution is 2.29. The summed E-state index contributed by atoms with van der Waals surface area (Å²) in [4.78, 5) is 17.8. The summed E-state index contributed by atoms with van der Waals surface area (Å²) in [5, 5.41) is 7.29. The molecule has 0 aliphatic carbocycles. The summed E-state index contributed by atoms with van der Waals surface area (Å²) in [5.74, 6) is 0.827. The van der Waals surface area contributed by atoms with Gasteiger partial charge in [-0.25, -0.2) is 4.98 Å². The predicted octanol–water partition coefficient (Wildman–Crippen LogP) is 3.84. The van der Waals surface area contributed by atoms with Gasteiger partial charge in [-0.1, -0.05) is 0 Å². The molecule has 1 atom stereocenters. The number of benzene rings is 1. The van der Waals surface area contributed by atoms with E-state index in [1.165, 1.54) is 11.3 Å². The SMILES string of the molecule is CCOc1ccc(-c2nc(C)c(C(=O)N[C@H]3CCCNC3)s2)cc1.Cl.Cl. The smallest absolute Gasteiger partial charge is 0.263 e. The molecule has 1 saturated heterocycles. The minimum Gasteiger partial charge on any atom is -0.494 e. The van der Waals surface area contributed by atoms with Gasteiger partial charge >= 0.3 is 0 Å². The molecule has 1 fully saturated rings. The van der Waals surface area contributed by atoms with Gasteiger partial charge in [-0.05, 0) is 57.5 Å². The van der Waals surface area contributed by atoms with Gasteiger partial charge in [0.1, 0.15) is 15.6 Å². The van der Waals surface area contributed by atoms with Crippen LogP contribution in [0.3, 0.4) is 0 Å². The first kappa shape index (κ1) is 22.7. The number of hydrogen-bond donors (Lipinski definition) is 2. The van der Waals surface area contributed by atoms with Gasteiger partial charge in [-0.3, -0.25) is 4.79 Å². The van der Waals surface area contributed by atoms with Gasteiger partial charge in [0.2, 0.25) is 0 Å². The van der Waals surface area contributed by atoms with E-state index >= 15 is 0 Å². The first-order chi connectivity index (χ1) is 11.7. The maximum Gasteiger partial charge on any atom is 0.263 e. The molecule has 0 spiro atoms. The van der Waals surface area contributed by atoms with Crippen LogP contribution in [0.5, 0.6) is 5.75 Å². The van der Waals surface area contributed by atoms with Gasteiger partial charge in [0.25, 0.3) is 5.91 Å². The zero-order valence-corrected chi connectivity index (χ0v) is 17.4. The molecule has 1 aliphatic heterocycles. The summed E-state index contributed by atoms with van der Waals surface area (Å²) in [7, 11) is 0. The Morgan fingerprint density at radius 2 is 2.08 bits per heavy atom. The molecule has 5 nitrogen and oxygen atoms in total. The molecular formula is C18H25Cl2N3O2S. The number of piperidine rings is 1. The van der Waals surface area contributed by atoms with Crippen LogP contribution in [-0.4, -0.2) is 36.6 Å². The lowest BCUT2D eigenvalue weighted by Crippen LogP contribution is -2.45. The number of carbonyl (C=O) groups is 1. The zero-order valence-electron chi connectivity index (χ0n) is 14.9. The first-order valence-corrected chi connectivity index (χ1v) is 9.21. The van der Waals surface area contributed by atoms with E-state index in [1.54, 1.807) is 0 Å². The van der Waals surface area contributed by atoms with E-state index in [9.17, 15) is 4.79 Å². The van der Waals surface area contributed by atoms with Crippen LogP contribution in [-0.2, 0) is 0 Å². The van der Waals surface area contributed by atoms with Crippen LogP contribution in [0.25, 0.3) is 10.6 Å². The molecule has 1 aliphatic rings. The van der Waals surface area contributed by atoms with Gasteiger partial charge < -0.3 is 15.4 Å². The van der Waals surface area contributed by atoms with Crippen molar-refractivity contribution in [1.82, 2.24) is 15.6 Å². The average molecular weight is 418 g/mol. The van der Waals surface area contributed by atoms with Crippen molar-refractivity contribution in [1.29, 1.82) is 0 Å². The number of amides is 1. The third-order valence-corrected chi connectivity index (χ3v) is 5.25. The average Bonchev–Trinajstić information content (AvgIpc) is 2.99. The second-order valence-corrected chi connectivity index (χ2v) is 6.91. The number of nitrogens with one attached hydrogen (secondary N) is 2. The van der Waals surface area contributed by atoms with E-state index in [0.717, 1.165) is 47.9 Å². The van der Waals surface area contributed by atoms with Crippen LogP contribution in [0.15, 0.2) is 24.3 Å². The number of aryl methyl sites for hydroxylation is 1. The Morgan fingerprint density at radius 1 is 1.35 bits per heavy atom. The molecule has 3 rings (SSSR count). The van der Waals surface area contributed by atoms with Crippen molar-refractivity contribution in [2.75, 3.05) is 19.7 Å². The normalized spacial score (nSPS) is 16.2. The number of carbonyl (C=O) groups excluding carboxylic acids is 1. The van der Waals surface area contributed by atoms with Gasteiger partial charge in [-0.15, -0.1) is 36.2 Å². The molecule has 0 radical (unpaired) electrons. The Kier molecular flexibility index (Phi) is 9.36. The third kappa shape index (κ3) is 5.58. The van der Waals surface area contributed by atoms with Crippen LogP contribution in [0.4, 0.5) is 0 Å². The number of aromatic nitrogens is 1. The Hall–Kier alpha value is -1.34. The van der Waals surface area contributed by atoms with E-state index in [-0.39, 0.29) is 36.8 Å². The van der Waals surface area contributed by atoms with Crippen molar-refractivity contribution in [3.05, 3.63) is 34.8 Å². The number of nitrogens with zero attached hydrogens (tertiary/aromatic N) is 1. The number of rotatable bonds is 5. The zero-order chi connectivity index (χ0) is 16.9. The molecule has 0 bridgehead atoms. The lowest BCUT2D eigenvalue weighted by Gasteiger charge is -2.23. The molecule has 2 heterocycles. The van der Waals surface area contributed by atoms with E-state index in [2.05, 4.69) is 15.6 Å². The monoisotopic (exact) mass is 417 g/mol. The van der Waals surface area contributed by atoms with Crippen LogP contribution in [0.1, 0.15) is 35.1 Å². The number of halogens is 2. The van der Waals surface area contributed by atoms with Crippen LogP contribution in [0, 0.1) is 6.92 Å². The molecule has 1 aromatic carbocycles. The van der Waals surface area contributed by atoms with Gasteiger partial charge in [0, 0.05) is 18.2 Å². The molecule has 144 valence electrons. The van der Waals surface area contributed by atoms with Crippen LogP contribution < -0.4 is 15.4 Å². The van der Waals surface area contributed by atoms with Gasteiger partial charge in [0.05, 0.1) is 12.3 Å². The van der Waals surface area contributed by atoms with Crippen molar-refractivity contribution in [2.45, 2.75) is 32.7 Å². The summed E-state index contributed by atoms with van der Waals surface area (Å²) in [6.45, 7) is 6.38. The molecular weight excluding hydrogens is 393 g/mol. The predicted molar refractivity (Wildman–Crippen MR) is 111 cm³/mol. The maximum absolute atomic E-state index is 12.5. The van der Waals surface area contributed by atoms with E-state index in [0.29, 0.717) is 11.5 Å². The van der Waals surface area contributed by atoms with E-state index in [4.69, 9.17) is 4.74 Å². The highest BCUT2D eigenvalue weighted by atomic mass is 35.5. The van der Waals surface area contributed by atoms with Crippen molar-refractivity contribution >= 4 is 42.1 Å². The molecule has 8 heteroatoms. The fourth-order valence-corrected chi connectivity index (χ4v) is 3.79. The minimum atomic E-state index is -0.0177. The summed E-state index contributed by atoms with van der Waals surface area (Å²) >= 11 is 1.44. The fourth-order valence-electron chi connectivity index (χ4n) is 2.82. The quantitative estimate of drug-likeness (QED) is 0.775. The van der Waals surface area contributed by atoms with Crippen LogP contribution >= 0.6 is 36.2 Å². The molecule has 2 aromatic rings. The maximum atomic E-state index is 12.5. The van der Waals surface area contributed by atoms with Crippen LogP contribution in [0.2, 0.25) is 0 Å². The lowest BCUT2D eigenvalue weighted by atomic mass is 10.1. The van der Waals surface area contributed by atoms with Gasteiger partial charge in [0.15, 0.2) is 0 Å². The fraction of sp³-hybridized carbons (Fsp3) is 0.444. The van der Waals surface area contributed by atoms with Gasteiger partial charge in [-0.2, -0.15) is 0 Å². The van der Waals surface area contributed by atoms with Crippen molar-refractivity contribution in [3.63, 3.8) is 0 Å².